The molecule has 5 aromatic carbocycles. The maximum atomic E-state index is 6.65. The number of halogens is 1. The van der Waals surface area contributed by atoms with Crippen molar-refractivity contribution in [3.05, 3.63) is 120 Å². The van der Waals surface area contributed by atoms with Gasteiger partial charge in [-0.15, -0.1) is 0 Å². The highest BCUT2D eigenvalue weighted by Crippen LogP contribution is 2.43. The molecule has 0 saturated carbocycles. The number of rotatable bonds is 2. The van der Waals surface area contributed by atoms with Crippen LogP contribution >= 0.6 is 11.6 Å². The maximum Gasteiger partial charge on any atom is 0.0902 e. The number of benzene rings is 5. The highest BCUT2D eigenvalue weighted by atomic mass is 35.5. The average Bonchev–Trinajstić information content (AvgIpc) is 3.24. The zero-order valence-corrected chi connectivity index (χ0v) is 19.0. The lowest BCUT2D eigenvalue weighted by atomic mass is 9.96. The minimum atomic E-state index is 0.670. The Morgan fingerprint density at radius 1 is 0.529 bits per heavy atom. The van der Waals surface area contributed by atoms with Crippen LogP contribution in [0.3, 0.4) is 0 Å². The second-order valence-electron chi connectivity index (χ2n) is 8.53. The fraction of sp³-hybridized carbons (Fsp3) is 0. The molecule has 2 aromatic heterocycles. The smallest absolute Gasteiger partial charge is 0.0902 e. The Kier molecular flexibility index (Phi) is 4.23. The van der Waals surface area contributed by atoms with Gasteiger partial charge in [-0.05, 0) is 35.7 Å². The molecule has 160 valence electrons. The summed E-state index contributed by atoms with van der Waals surface area (Å²) in [7, 11) is 0. The minimum absolute atomic E-state index is 0.670. The monoisotopic (exact) mass is 454 g/mol. The van der Waals surface area contributed by atoms with E-state index >= 15 is 0 Å². The number of hydrogen-bond acceptors (Lipinski definition) is 1. The lowest BCUT2D eigenvalue weighted by Gasteiger charge is -2.13. The fourth-order valence-electron chi connectivity index (χ4n) is 5.21. The summed E-state index contributed by atoms with van der Waals surface area (Å²) >= 11 is 6.65. The van der Waals surface area contributed by atoms with Crippen molar-refractivity contribution in [3.63, 3.8) is 0 Å². The van der Waals surface area contributed by atoms with Crippen LogP contribution in [0.2, 0.25) is 5.02 Å². The molecule has 7 rings (SSSR count). The molecule has 3 heteroatoms. The van der Waals surface area contributed by atoms with Crippen LogP contribution in [0.4, 0.5) is 0 Å². The van der Waals surface area contributed by atoms with Gasteiger partial charge >= 0.3 is 0 Å². The first-order valence-electron chi connectivity index (χ1n) is 11.4. The maximum absolute atomic E-state index is 6.65. The van der Waals surface area contributed by atoms with Gasteiger partial charge in [-0.1, -0.05) is 96.5 Å². The zero-order chi connectivity index (χ0) is 22.6. The SMILES string of the molecule is Clc1cccc2c1nc(-c1ccccc1)c1c2ccc2c1c1ccccc1n2-c1ccccc1. The van der Waals surface area contributed by atoms with E-state index in [1.807, 2.05) is 18.2 Å². The van der Waals surface area contributed by atoms with Gasteiger partial charge in [0, 0.05) is 32.8 Å². The Morgan fingerprint density at radius 2 is 1.24 bits per heavy atom. The number of nitrogens with zero attached hydrogens (tertiary/aromatic N) is 2. The van der Waals surface area contributed by atoms with Crippen molar-refractivity contribution >= 4 is 55.1 Å². The van der Waals surface area contributed by atoms with Gasteiger partial charge in [0.15, 0.2) is 0 Å². The molecule has 0 fully saturated rings. The normalized spacial score (nSPS) is 11.7. The van der Waals surface area contributed by atoms with Gasteiger partial charge in [0.2, 0.25) is 0 Å². The van der Waals surface area contributed by atoms with Crippen LogP contribution < -0.4 is 0 Å². The molecule has 0 N–H and O–H groups in total. The number of fused-ring (bicyclic) bond motifs is 7. The van der Waals surface area contributed by atoms with Gasteiger partial charge in [0.05, 0.1) is 27.3 Å². The Balaban J connectivity index is 1.77. The van der Waals surface area contributed by atoms with Crippen molar-refractivity contribution < 1.29 is 0 Å². The third kappa shape index (κ3) is 2.73. The Morgan fingerprint density at radius 3 is 2.06 bits per heavy atom. The third-order valence-corrected chi connectivity index (χ3v) is 6.94. The van der Waals surface area contributed by atoms with Gasteiger partial charge in [0.25, 0.3) is 0 Å². The third-order valence-electron chi connectivity index (χ3n) is 6.64. The summed E-state index contributed by atoms with van der Waals surface area (Å²) in [5.41, 5.74) is 6.37. The second kappa shape index (κ2) is 7.44. The molecular weight excluding hydrogens is 436 g/mol. The molecule has 2 nitrogen and oxygen atoms in total. The largest absolute Gasteiger partial charge is 0.309 e. The van der Waals surface area contributed by atoms with Crippen LogP contribution in [0.15, 0.2) is 115 Å². The van der Waals surface area contributed by atoms with Gasteiger partial charge in [0.1, 0.15) is 0 Å². The Labute approximate surface area is 201 Å². The predicted octanol–water partition coefficient (Wildman–Crippen LogP) is 8.81. The number of para-hydroxylation sites is 3. The van der Waals surface area contributed by atoms with Crippen LogP contribution in [0.1, 0.15) is 0 Å². The van der Waals surface area contributed by atoms with Crippen molar-refractivity contribution in [2.75, 3.05) is 0 Å². The summed E-state index contributed by atoms with van der Waals surface area (Å²) in [6.45, 7) is 0. The molecular formula is C31H19ClN2. The van der Waals surface area contributed by atoms with Crippen molar-refractivity contribution in [2.24, 2.45) is 0 Å². The number of hydrogen-bond donors (Lipinski definition) is 0. The molecule has 0 aliphatic carbocycles. The molecule has 0 radical (unpaired) electrons. The average molecular weight is 455 g/mol. The van der Waals surface area contributed by atoms with E-state index in [4.69, 9.17) is 16.6 Å². The number of pyridine rings is 1. The molecule has 7 aromatic rings. The molecule has 2 heterocycles. The molecule has 0 amide bonds. The first-order chi connectivity index (χ1) is 16.8. The summed E-state index contributed by atoms with van der Waals surface area (Å²) in [5, 5.41) is 6.49. The van der Waals surface area contributed by atoms with Crippen LogP contribution in [-0.4, -0.2) is 9.55 Å². The highest BCUT2D eigenvalue weighted by Gasteiger charge is 2.20. The Bertz CT molecular complexity index is 1850. The highest BCUT2D eigenvalue weighted by molar-refractivity contribution is 6.37. The first-order valence-corrected chi connectivity index (χ1v) is 11.7. The first kappa shape index (κ1) is 19.3. The van der Waals surface area contributed by atoms with E-state index < -0.39 is 0 Å². The van der Waals surface area contributed by atoms with E-state index in [0.29, 0.717) is 5.02 Å². The van der Waals surface area contributed by atoms with Crippen molar-refractivity contribution in [1.82, 2.24) is 9.55 Å². The summed E-state index contributed by atoms with van der Waals surface area (Å²) in [6.07, 6.45) is 0. The standard InChI is InChI=1S/C31H19ClN2/c32-25-16-9-15-23-22-18-19-27-28(29(22)30(33-31(23)25)20-10-3-1-4-11-20)24-14-7-8-17-26(24)34(27)21-12-5-2-6-13-21/h1-19H. The van der Waals surface area contributed by atoms with Gasteiger partial charge in [-0.2, -0.15) is 0 Å². The fourth-order valence-corrected chi connectivity index (χ4v) is 5.42. The van der Waals surface area contributed by atoms with Crippen molar-refractivity contribution in [2.45, 2.75) is 0 Å². The van der Waals surface area contributed by atoms with Crippen LogP contribution in [0, 0.1) is 0 Å². The lowest BCUT2D eigenvalue weighted by molar-refractivity contribution is 1.18. The van der Waals surface area contributed by atoms with E-state index in [2.05, 4.69) is 102 Å². The van der Waals surface area contributed by atoms with Crippen LogP contribution in [0.25, 0.3) is 60.4 Å². The van der Waals surface area contributed by atoms with E-state index in [9.17, 15) is 0 Å². The van der Waals surface area contributed by atoms with Gasteiger partial charge in [-0.25, -0.2) is 4.98 Å². The lowest BCUT2D eigenvalue weighted by Crippen LogP contribution is -1.94. The summed E-state index contributed by atoms with van der Waals surface area (Å²) in [6, 6.07) is 40.1. The molecule has 0 aliphatic heterocycles. The van der Waals surface area contributed by atoms with Crippen LogP contribution in [0.5, 0.6) is 0 Å². The van der Waals surface area contributed by atoms with E-state index in [1.165, 1.54) is 21.8 Å². The summed E-state index contributed by atoms with van der Waals surface area (Å²) in [5.74, 6) is 0. The van der Waals surface area contributed by atoms with E-state index in [-0.39, 0.29) is 0 Å². The molecule has 34 heavy (non-hydrogen) atoms. The van der Waals surface area contributed by atoms with Crippen molar-refractivity contribution in [1.29, 1.82) is 0 Å². The topological polar surface area (TPSA) is 17.8 Å². The van der Waals surface area contributed by atoms with Crippen molar-refractivity contribution in [3.8, 4) is 16.9 Å². The molecule has 0 unspecified atom stereocenters. The second-order valence-corrected chi connectivity index (χ2v) is 8.94. The Hall–Kier alpha value is -4.14. The zero-order valence-electron chi connectivity index (χ0n) is 18.2. The number of aromatic nitrogens is 2. The summed E-state index contributed by atoms with van der Waals surface area (Å²) in [4.78, 5) is 5.17. The minimum Gasteiger partial charge on any atom is -0.309 e. The molecule has 0 saturated heterocycles. The predicted molar refractivity (Wildman–Crippen MR) is 144 cm³/mol. The molecule has 0 bridgehead atoms. The summed E-state index contributed by atoms with van der Waals surface area (Å²) < 4.78 is 2.35. The molecule has 0 spiro atoms. The molecule has 0 aliphatic rings. The van der Waals surface area contributed by atoms with E-state index in [1.54, 1.807) is 0 Å². The van der Waals surface area contributed by atoms with Gasteiger partial charge < -0.3 is 4.57 Å². The molecule has 0 atom stereocenters. The van der Waals surface area contributed by atoms with Gasteiger partial charge in [-0.3, -0.25) is 0 Å². The quantitative estimate of drug-likeness (QED) is 0.238. The van der Waals surface area contributed by atoms with Crippen LogP contribution in [-0.2, 0) is 0 Å². The van der Waals surface area contributed by atoms with E-state index in [0.717, 1.165) is 38.6 Å².